The number of anilines is 1. The SMILES string of the molecule is c1cnc(NCCN2CCOCC2)c(C2=NCCN2)c1. The van der Waals surface area contributed by atoms with Gasteiger partial charge in [-0.1, -0.05) is 0 Å². The number of nitrogens with one attached hydrogen (secondary N) is 2. The van der Waals surface area contributed by atoms with Crippen LogP contribution in [0, 0.1) is 0 Å². The Balaban J connectivity index is 1.56. The maximum atomic E-state index is 5.35. The third kappa shape index (κ3) is 3.26. The highest BCUT2D eigenvalue weighted by Gasteiger charge is 2.14. The molecule has 0 atom stereocenters. The summed E-state index contributed by atoms with van der Waals surface area (Å²) in [6.07, 6.45) is 1.82. The molecule has 6 nitrogen and oxygen atoms in total. The van der Waals surface area contributed by atoms with Gasteiger partial charge in [-0.2, -0.15) is 0 Å². The highest BCUT2D eigenvalue weighted by Crippen LogP contribution is 2.13. The van der Waals surface area contributed by atoms with Gasteiger partial charge >= 0.3 is 0 Å². The Labute approximate surface area is 119 Å². The number of aliphatic imine (C=N–C) groups is 1. The molecular weight excluding hydrogens is 254 g/mol. The van der Waals surface area contributed by atoms with Gasteiger partial charge in [0.15, 0.2) is 0 Å². The van der Waals surface area contributed by atoms with Crippen LogP contribution in [0.5, 0.6) is 0 Å². The molecule has 0 aromatic carbocycles. The summed E-state index contributed by atoms with van der Waals surface area (Å²) in [7, 11) is 0. The summed E-state index contributed by atoms with van der Waals surface area (Å²) in [4.78, 5) is 11.3. The number of hydrogen-bond acceptors (Lipinski definition) is 6. The molecule has 2 N–H and O–H groups in total. The van der Waals surface area contributed by atoms with Gasteiger partial charge in [0, 0.05) is 38.9 Å². The van der Waals surface area contributed by atoms with E-state index in [2.05, 4.69) is 31.6 Å². The minimum absolute atomic E-state index is 0.843. The second-order valence-electron chi connectivity index (χ2n) is 4.94. The Morgan fingerprint density at radius 2 is 2.25 bits per heavy atom. The number of morpholine rings is 1. The molecule has 1 aromatic heterocycles. The second kappa shape index (κ2) is 6.67. The van der Waals surface area contributed by atoms with Gasteiger partial charge in [-0.05, 0) is 12.1 Å². The van der Waals surface area contributed by atoms with Crippen molar-refractivity contribution >= 4 is 11.7 Å². The molecule has 20 heavy (non-hydrogen) atoms. The summed E-state index contributed by atoms with van der Waals surface area (Å²) < 4.78 is 5.35. The predicted molar refractivity (Wildman–Crippen MR) is 79.4 cm³/mol. The first-order valence-corrected chi connectivity index (χ1v) is 7.21. The molecular formula is C14H21N5O. The Kier molecular flexibility index (Phi) is 4.45. The summed E-state index contributed by atoms with van der Waals surface area (Å²) in [5.41, 5.74) is 1.06. The van der Waals surface area contributed by atoms with E-state index in [-0.39, 0.29) is 0 Å². The van der Waals surface area contributed by atoms with E-state index in [0.29, 0.717) is 0 Å². The lowest BCUT2D eigenvalue weighted by molar-refractivity contribution is 0.0398. The van der Waals surface area contributed by atoms with Crippen LogP contribution in [0.2, 0.25) is 0 Å². The van der Waals surface area contributed by atoms with Gasteiger partial charge in [-0.15, -0.1) is 0 Å². The predicted octanol–water partition coefficient (Wildman–Crippen LogP) is 0.176. The zero-order chi connectivity index (χ0) is 13.6. The third-order valence-electron chi connectivity index (χ3n) is 3.56. The van der Waals surface area contributed by atoms with Crippen molar-refractivity contribution in [2.45, 2.75) is 0 Å². The monoisotopic (exact) mass is 275 g/mol. The minimum atomic E-state index is 0.843. The van der Waals surface area contributed by atoms with Crippen LogP contribution in [0.15, 0.2) is 23.3 Å². The van der Waals surface area contributed by atoms with Gasteiger partial charge in [0.1, 0.15) is 11.7 Å². The summed E-state index contributed by atoms with van der Waals surface area (Å²) >= 11 is 0. The molecule has 6 heteroatoms. The fraction of sp³-hybridized carbons (Fsp3) is 0.571. The number of amidine groups is 1. The number of pyridine rings is 1. The Hall–Kier alpha value is -1.66. The van der Waals surface area contributed by atoms with Crippen molar-refractivity contribution in [3.05, 3.63) is 23.9 Å². The lowest BCUT2D eigenvalue weighted by Gasteiger charge is -2.26. The topological polar surface area (TPSA) is 61.8 Å². The van der Waals surface area contributed by atoms with E-state index in [1.54, 1.807) is 0 Å². The summed E-state index contributed by atoms with van der Waals surface area (Å²) in [6, 6.07) is 4.01. The molecule has 2 aliphatic heterocycles. The number of hydrogen-bond donors (Lipinski definition) is 2. The van der Waals surface area contributed by atoms with Crippen molar-refractivity contribution < 1.29 is 4.74 Å². The zero-order valence-electron chi connectivity index (χ0n) is 11.6. The fourth-order valence-electron chi connectivity index (χ4n) is 2.47. The van der Waals surface area contributed by atoms with Crippen LogP contribution in [-0.4, -0.2) is 68.2 Å². The molecule has 0 unspecified atom stereocenters. The average Bonchev–Trinajstić information content (AvgIpc) is 3.03. The molecule has 1 aromatic rings. The third-order valence-corrected chi connectivity index (χ3v) is 3.56. The van der Waals surface area contributed by atoms with E-state index >= 15 is 0 Å². The maximum absolute atomic E-state index is 5.35. The van der Waals surface area contributed by atoms with E-state index in [1.165, 1.54) is 0 Å². The maximum Gasteiger partial charge on any atom is 0.136 e. The standard InChI is InChI=1S/C14H21N5O/c1-2-12(14-16-4-5-17-14)13(15-3-1)18-6-7-19-8-10-20-11-9-19/h1-3H,4-11H2,(H,15,18)(H,16,17). The highest BCUT2D eigenvalue weighted by atomic mass is 16.5. The van der Waals surface area contributed by atoms with Gasteiger partial charge in [0.2, 0.25) is 0 Å². The Morgan fingerprint density at radius 3 is 3.05 bits per heavy atom. The van der Waals surface area contributed by atoms with Crippen LogP contribution in [0.25, 0.3) is 0 Å². The number of rotatable bonds is 5. The molecule has 0 radical (unpaired) electrons. The van der Waals surface area contributed by atoms with E-state index in [0.717, 1.165) is 69.7 Å². The minimum Gasteiger partial charge on any atom is -0.379 e. The van der Waals surface area contributed by atoms with E-state index in [9.17, 15) is 0 Å². The van der Waals surface area contributed by atoms with Crippen molar-refractivity contribution in [3.8, 4) is 0 Å². The van der Waals surface area contributed by atoms with Gasteiger partial charge in [0.25, 0.3) is 0 Å². The van der Waals surface area contributed by atoms with Crippen LogP contribution in [0.4, 0.5) is 5.82 Å². The molecule has 0 aliphatic carbocycles. The van der Waals surface area contributed by atoms with Crippen molar-refractivity contribution in [1.82, 2.24) is 15.2 Å². The number of ether oxygens (including phenoxy) is 1. The molecule has 0 bridgehead atoms. The van der Waals surface area contributed by atoms with Crippen LogP contribution in [0.3, 0.4) is 0 Å². The molecule has 0 saturated carbocycles. The quantitative estimate of drug-likeness (QED) is 0.802. The molecule has 0 spiro atoms. The lowest BCUT2D eigenvalue weighted by Crippen LogP contribution is -2.39. The Bertz CT molecular complexity index is 470. The summed E-state index contributed by atoms with van der Waals surface area (Å²) in [6.45, 7) is 7.38. The normalized spacial score (nSPS) is 19.5. The number of nitrogens with zero attached hydrogens (tertiary/aromatic N) is 3. The second-order valence-corrected chi connectivity index (χ2v) is 4.94. The van der Waals surface area contributed by atoms with Gasteiger partial charge in [-0.25, -0.2) is 4.98 Å². The van der Waals surface area contributed by atoms with Crippen LogP contribution in [0.1, 0.15) is 5.56 Å². The fourth-order valence-corrected chi connectivity index (χ4v) is 2.47. The molecule has 1 saturated heterocycles. The first-order valence-electron chi connectivity index (χ1n) is 7.21. The van der Waals surface area contributed by atoms with Gasteiger partial charge in [-0.3, -0.25) is 9.89 Å². The molecule has 0 amide bonds. The van der Waals surface area contributed by atoms with Crippen LogP contribution >= 0.6 is 0 Å². The van der Waals surface area contributed by atoms with Crippen molar-refractivity contribution in [1.29, 1.82) is 0 Å². The van der Waals surface area contributed by atoms with E-state index in [4.69, 9.17) is 4.74 Å². The molecule has 3 heterocycles. The van der Waals surface area contributed by atoms with Crippen LogP contribution in [-0.2, 0) is 4.74 Å². The van der Waals surface area contributed by atoms with E-state index in [1.807, 2.05) is 12.3 Å². The highest BCUT2D eigenvalue weighted by molar-refractivity contribution is 6.03. The lowest BCUT2D eigenvalue weighted by atomic mass is 10.2. The summed E-state index contributed by atoms with van der Waals surface area (Å²) in [5.74, 6) is 1.86. The van der Waals surface area contributed by atoms with Crippen LogP contribution < -0.4 is 10.6 Å². The Morgan fingerprint density at radius 1 is 1.35 bits per heavy atom. The molecule has 3 rings (SSSR count). The van der Waals surface area contributed by atoms with Crippen molar-refractivity contribution in [2.24, 2.45) is 4.99 Å². The molecule has 2 aliphatic rings. The molecule has 1 fully saturated rings. The molecule has 108 valence electrons. The first-order chi connectivity index (χ1) is 9.93. The van der Waals surface area contributed by atoms with Gasteiger partial charge < -0.3 is 15.4 Å². The largest absolute Gasteiger partial charge is 0.379 e. The smallest absolute Gasteiger partial charge is 0.136 e. The first kappa shape index (κ1) is 13.3. The average molecular weight is 275 g/mol. The summed E-state index contributed by atoms with van der Waals surface area (Å²) in [5, 5.41) is 6.72. The van der Waals surface area contributed by atoms with Crippen molar-refractivity contribution in [2.75, 3.05) is 57.8 Å². The number of aromatic nitrogens is 1. The van der Waals surface area contributed by atoms with Crippen molar-refractivity contribution in [3.63, 3.8) is 0 Å². The van der Waals surface area contributed by atoms with E-state index < -0.39 is 0 Å². The van der Waals surface area contributed by atoms with Gasteiger partial charge in [0.05, 0.1) is 25.3 Å². The zero-order valence-corrected chi connectivity index (χ0v) is 11.6.